The van der Waals surface area contributed by atoms with Gasteiger partial charge in [-0.2, -0.15) is 0 Å². The number of aliphatic hydroxyl groups is 6. The van der Waals surface area contributed by atoms with E-state index >= 15 is 0 Å². The standard InChI is InChI=1S/C16H30O9/c1-15(2,8-18)13(22)10(20)5-3-4-6-24-16(9-19)14(23)12(21)11(7-17)25-16/h11-14,17-19,21-23H,3-9H2,1-2H3/t11?,12?,13-,14?,16?/m0/s1. The van der Waals surface area contributed by atoms with Gasteiger partial charge in [0.25, 0.3) is 0 Å². The second-order valence-corrected chi connectivity index (χ2v) is 7.07. The smallest absolute Gasteiger partial charge is 0.221 e. The molecular formula is C16H30O9. The number of ketones is 1. The summed E-state index contributed by atoms with van der Waals surface area (Å²) in [6.45, 7) is 1.66. The van der Waals surface area contributed by atoms with Crippen LogP contribution >= 0.6 is 0 Å². The molecule has 1 aliphatic rings. The number of carbonyl (C=O) groups excluding carboxylic acids is 1. The summed E-state index contributed by atoms with van der Waals surface area (Å²) in [6.07, 6.45) is -4.34. The van der Waals surface area contributed by atoms with Crippen LogP contribution in [0.2, 0.25) is 0 Å². The second-order valence-electron chi connectivity index (χ2n) is 7.07. The lowest BCUT2D eigenvalue weighted by Crippen LogP contribution is -2.48. The van der Waals surface area contributed by atoms with E-state index in [1.54, 1.807) is 13.8 Å². The van der Waals surface area contributed by atoms with Gasteiger partial charge in [-0.3, -0.25) is 4.79 Å². The van der Waals surface area contributed by atoms with Crippen molar-refractivity contribution in [3.63, 3.8) is 0 Å². The highest BCUT2D eigenvalue weighted by Crippen LogP contribution is 2.32. The minimum atomic E-state index is -1.81. The average Bonchev–Trinajstić information content (AvgIpc) is 2.85. The Balaban J connectivity index is 2.41. The first-order chi connectivity index (χ1) is 11.6. The summed E-state index contributed by atoms with van der Waals surface area (Å²) in [6, 6.07) is 0. The van der Waals surface area contributed by atoms with Crippen LogP contribution in [0.15, 0.2) is 0 Å². The van der Waals surface area contributed by atoms with Crippen molar-refractivity contribution in [2.75, 3.05) is 26.4 Å². The maximum Gasteiger partial charge on any atom is 0.221 e. The molecular weight excluding hydrogens is 336 g/mol. The Bertz CT molecular complexity index is 428. The largest absolute Gasteiger partial charge is 0.396 e. The van der Waals surface area contributed by atoms with Crippen LogP contribution in [0.1, 0.15) is 33.1 Å². The van der Waals surface area contributed by atoms with Crippen LogP contribution in [0.4, 0.5) is 0 Å². The predicted molar refractivity (Wildman–Crippen MR) is 85.5 cm³/mol. The molecule has 0 spiro atoms. The lowest BCUT2D eigenvalue weighted by atomic mass is 9.84. The maximum absolute atomic E-state index is 11.9. The molecule has 9 nitrogen and oxygen atoms in total. The van der Waals surface area contributed by atoms with Gasteiger partial charge in [0, 0.05) is 11.8 Å². The molecule has 0 radical (unpaired) electrons. The molecule has 0 aromatic rings. The van der Waals surface area contributed by atoms with Crippen LogP contribution in [0.25, 0.3) is 0 Å². The summed E-state index contributed by atoms with van der Waals surface area (Å²) in [5.74, 6) is -2.20. The van der Waals surface area contributed by atoms with Crippen LogP contribution in [-0.4, -0.2) is 93.1 Å². The molecule has 4 unspecified atom stereocenters. The second kappa shape index (κ2) is 9.33. The van der Waals surface area contributed by atoms with Gasteiger partial charge < -0.3 is 40.1 Å². The number of carbonyl (C=O) groups is 1. The van der Waals surface area contributed by atoms with Gasteiger partial charge in [-0.05, 0) is 12.8 Å². The first-order valence-electron chi connectivity index (χ1n) is 8.36. The Morgan fingerprint density at radius 3 is 2.36 bits per heavy atom. The van der Waals surface area contributed by atoms with E-state index in [4.69, 9.17) is 19.7 Å². The van der Waals surface area contributed by atoms with Crippen LogP contribution < -0.4 is 0 Å². The number of hydrogen-bond acceptors (Lipinski definition) is 9. The number of aliphatic hydroxyl groups excluding tert-OH is 6. The molecule has 1 fully saturated rings. The molecule has 0 amide bonds. The highest BCUT2D eigenvalue weighted by molar-refractivity contribution is 5.83. The SMILES string of the molecule is CC(C)(CO)[C@@H](O)C(=O)CCCCOC1(CO)OC(CO)C(O)C1O. The molecule has 0 aromatic carbocycles. The van der Waals surface area contributed by atoms with E-state index < -0.39 is 48.8 Å². The quantitative estimate of drug-likeness (QED) is 0.226. The van der Waals surface area contributed by atoms with E-state index in [1.165, 1.54) is 0 Å². The average molecular weight is 366 g/mol. The lowest BCUT2D eigenvalue weighted by molar-refractivity contribution is -0.276. The number of Topliss-reactive ketones (excluding diaryl/α,β-unsaturated/α-hetero) is 1. The number of rotatable bonds is 11. The third-order valence-corrected chi connectivity index (χ3v) is 4.52. The molecule has 1 saturated heterocycles. The van der Waals surface area contributed by atoms with Gasteiger partial charge in [-0.25, -0.2) is 0 Å². The van der Waals surface area contributed by atoms with Crippen LogP contribution in [-0.2, 0) is 14.3 Å². The van der Waals surface area contributed by atoms with Gasteiger partial charge in [-0.15, -0.1) is 0 Å². The van der Waals surface area contributed by atoms with E-state index in [-0.39, 0.29) is 25.4 Å². The van der Waals surface area contributed by atoms with Crippen molar-refractivity contribution in [2.45, 2.75) is 63.3 Å². The Hall–Kier alpha value is -0.650. The fraction of sp³-hybridized carbons (Fsp3) is 0.938. The van der Waals surface area contributed by atoms with Crippen molar-refractivity contribution >= 4 is 5.78 Å². The monoisotopic (exact) mass is 366 g/mol. The van der Waals surface area contributed by atoms with Crippen molar-refractivity contribution in [3.8, 4) is 0 Å². The summed E-state index contributed by atoms with van der Waals surface area (Å²) >= 11 is 0. The van der Waals surface area contributed by atoms with Crippen LogP contribution in [0.5, 0.6) is 0 Å². The third kappa shape index (κ3) is 5.18. The van der Waals surface area contributed by atoms with E-state index in [2.05, 4.69) is 0 Å². The molecule has 0 bridgehead atoms. The van der Waals surface area contributed by atoms with Crippen molar-refractivity contribution in [2.24, 2.45) is 5.41 Å². The molecule has 6 N–H and O–H groups in total. The fourth-order valence-corrected chi connectivity index (χ4v) is 2.61. The van der Waals surface area contributed by atoms with Crippen LogP contribution in [0.3, 0.4) is 0 Å². The summed E-state index contributed by atoms with van der Waals surface area (Å²) in [5.41, 5.74) is -0.911. The van der Waals surface area contributed by atoms with Gasteiger partial charge in [0.1, 0.15) is 31.0 Å². The van der Waals surface area contributed by atoms with Crippen molar-refractivity contribution < 1.29 is 44.9 Å². The predicted octanol–water partition coefficient (Wildman–Crippen LogP) is -2.08. The molecule has 25 heavy (non-hydrogen) atoms. The van der Waals surface area contributed by atoms with Crippen molar-refractivity contribution in [1.82, 2.24) is 0 Å². The number of ether oxygens (including phenoxy) is 2. The zero-order chi connectivity index (χ0) is 19.3. The zero-order valence-corrected chi connectivity index (χ0v) is 14.7. The minimum absolute atomic E-state index is 0.0370. The van der Waals surface area contributed by atoms with Gasteiger partial charge in [0.15, 0.2) is 5.78 Å². The van der Waals surface area contributed by atoms with Gasteiger partial charge >= 0.3 is 0 Å². The lowest BCUT2D eigenvalue weighted by Gasteiger charge is -2.30. The highest BCUT2D eigenvalue weighted by atomic mass is 16.7. The highest BCUT2D eigenvalue weighted by Gasteiger charge is 2.54. The summed E-state index contributed by atoms with van der Waals surface area (Å²) < 4.78 is 10.6. The van der Waals surface area contributed by atoms with Crippen molar-refractivity contribution in [1.29, 1.82) is 0 Å². The third-order valence-electron chi connectivity index (χ3n) is 4.52. The molecule has 5 atom stereocenters. The Morgan fingerprint density at radius 2 is 1.88 bits per heavy atom. The van der Waals surface area contributed by atoms with Gasteiger partial charge in [0.2, 0.25) is 5.79 Å². The molecule has 1 aliphatic heterocycles. The van der Waals surface area contributed by atoms with E-state index in [0.29, 0.717) is 12.8 Å². The first-order valence-corrected chi connectivity index (χ1v) is 8.36. The Morgan fingerprint density at radius 1 is 1.24 bits per heavy atom. The Kier molecular flexibility index (Phi) is 8.36. The molecule has 148 valence electrons. The van der Waals surface area contributed by atoms with Crippen LogP contribution in [0, 0.1) is 5.41 Å². The number of unbranched alkanes of at least 4 members (excludes halogenated alkanes) is 1. The maximum atomic E-state index is 11.9. The summed E-state index contributed by atoms with van der Waals surface area (Å²) in [5, 5.41) is 57.3. The molecule has 0 aliphatic carbocycles. The van der Waals surface area contributed by atoms with Crippen molar-refractivity contribution in [3.05, 3.63) is 0 Å². The molecule has 0 aromatic heterocycles. The zero-order valence-electron chi connectivity index (χ0n) is 14.7. The van der Waals surface area contributed by atoms with E-state index in [0.717, 1.165) is 0 Å². The molecule has 1 rings (SSSR count). The summed E-state index contributed by atoms with van der Waals surface area (Å²) in [7, 11) is 0. The van der Waals surface area contributed by atoms with E-state index in [1.807, 2.05) is 0 Å². The minimum Gasteiger partial charge on any atom is -0.396 e. The van der Waals surface area contributed by atoms with E-state index in [9.17, 15) is 25.2 Å². The molecule has 1 heterocycles. The topological polar surface area (TPSA) is 157 Å². The Labute approximate surface area is 146 Å². The molecule has 9 heteroatoms. The first kappa shape index (κ1) is 22.4. The normalized spacial score (nSPS) is 31.3. The number of hydrogen-bond donors (Lipinski definition) is 6. The molecule has 0 saturated carbocycles. The summed E-state index contributed by atoms with van der Waals surface area (Å²) in [4.78, 5) is 11.9. The van der Waals surface area contributed by atoms with Gasteiger partial charge in [0.05, 0.1) is 19.8 Å². The fourth-order valence-electron chi connectivity index (χ4n) is 2.61. The van der Waals surface area contributed by atoms with Gasteiger partial charge in [-0.1, -0.05) is 13.8 Å².